The smallest absolute Gasteiger partial charge is 0.139 e. The summed E-state index contributed by atoms with van der Waals surface area (Å²) in [6.07, 6.45) is 0. The van der Waals surface area contributed by atoms with E-state index in [4.69, 9.17) is 4.74 Å². The molecule has 0 bridgehead atoms. The molecule has 0 aliphatic heterocycles. The van der Waals surface area contributed by atoms with E-state index >= 15 is 0 Å². The van der Waals surface area contributed by atoms with Crippen LogP contribution in [-0.4, -0.2) is 22.0 Å². The molecule has 0 saturated carbocycles. The summed E-state index contributed by atoms with van der Waals surface area (Å²) in [5.41, 5.74) is 3.05. The first-order valence-electron chi connectivity index (χ1n) is 6.58. The minimum atomic E-state index is -0.305. The summed E-state index contributed by atoms with van der Waals surface area (Å²) < 4.78 is 20.3. The van der Waals surface area contributed by atoms with Crippen LogP contribution in [0.1, 0.15) is 5.56 Å². The molecule has 3 aromatic rings. The number of aliphatic hydroxyl groups is 1. The number of hydrogen-bond acceptors (Lipinski definition) is 3. The Balaban J connectivity index is 2.25. The van der Waals surface area contributed by atoms with Crippen LogP contribution in [0.25, 0.3) is 22.2 Å². The second-order valence-corrected chi connectivity index (χ2v) is 4.79. The highest BCUT2D eigenvalue weighted by Gasteiger charge is 2.13. The highest BCUT2D eigenvalue weighted by molar-refractivity contribution is 5.93. The molecular formula is C16H15FN2O2. The fourth-order valence-electron chi connectivity index (χ4n) is 2.39. The molecule has 21 heavy (non-hydrogen) atoms. The number of nitrogens with zero attached hydrogens (tertiary/aromatic N) is 2. The standard InChI is InChI=1S/C16H15FN2O2/c1-21-10-19-15-6-5-11(9-20)7-14(15)16(18-19)12-3-2-4-13(17)8-12/h2-8,20H,9-10H2,1H3. The van der Waals surface area contributed by atoms with Gasteiger partial charge in [-0.2, -0.15) is 5.10 Å². The second kappa shape index (κ2) is 5.63. The van der Waals surface area contributed by atoms with Crippen molar-refractivity contribution in [3.05, 3.63) is 53.8 Å². The van der Waals surface area contributed by atoms with Crippen LogP contribution >= 0.6 is 0 Å². The summed E-state index contributed by atoms with van der Waals surface area (Å²) in [5.74, 6) is -0.305. The summed E-state index contributed by atoms with van der Waals surface area (Å²) >= 11 is 0. The fourth-order valence-corrected chi connectivity index (χ4v) is 2.39. The van der Waals surface area contributed by atoms with E-state index in [0.29, 0.717) is 18.0 Å². The first-order valence-corrected chi connectivity index (χ1v) is 6.58. The lowest BCUT2D eigenvalue weighted by atomic mass is 10.1. The lowest BCUT2D eigenvalue weighted by Gasteiger charge is -2.01. The maximum Gasteiger partial charge on any atom is 0.139 e. The van der Waals surface area contributed by atoms with Crippen molar-refractivity contribution < 1.29 is 14.2 Å². The molecule has 4 nitrogen and oxygen atoms in total. The topological polar surface area (TPSA) is 47.3 Å². The molecule has 0 amide bonds. The van der Waals surface area contributed by atoms with Crippen molar-refractivity contribution in [3.63, 3.8) is 0 Å². The van der Waals surface area contributed by atoms with E-state index in [1.54, 1.807) is 17.9 Å². The van der Waals surface area contributed by atoms with Gasteiger partial charge in [0.1, 0.15) is 18.2 Å². The van der Waals surface area contributed by atoms with Crippen molar-refractivity contribution in [2.75, 3.05) is 7.11 Å². The van der Waals surface area contributed by atoms with Crippen molar-refractivity contribution in [2.24, 2.45) is 0 Å². The molecule has 0 aliphatic carbocycles. The van der Waals surface area contributed by atoms with E-state index in [0.717, 1.165) is 16.5 Å². The van der Waals surface area contributed by atoms with E-state index in [1.165, 1.54) is 12.1 Å². The Hall–Kier alpha value is -2.24. The van der Waals surface area contributed by atoms with Crippen LogP contribution in [-0.2, 0) is 18.1 Å². The zero-order valence-electron chi connectivity index (χ0n) is 11.6. The van der Waals surface area contributed by atoms with Gasteiger partial charge in [0.15, 0.2) is 0 Å². The molecule has 2 aromatic carbocycles. The molecule has 0 fully saturated rings. The van der Waals surface area contributed by atoms with Crippen molar-refractivity contribution >= 4 is 10.9 Å². The Morgan fingerprint density at radius 2 is 2.10 bits per heavy atom. The molecule has 1 heterocycles. The average molecular weight is 286 g/mol. The Bertz CT molecular complexity index is 783. The minimum absolute atomic E-state index is 0.0476. The van der Waals surface area contributed by atoms with Gasteiger partial charge >= 0.3 is 0 Å². The zero-order chi connectivity index (χ0) is 14.8. The Labute approximate surface area is 121 Å². The number of methoxy groups -OCH3 is 1. The third-order valence-electron chi connectivity index (χ3n) is 3.35. The maximum absolute atomic E-state index is 13.5. The summed E-state index contributed by atoms with van der Waals surface area (Å²) in [5, 5.41) is 14.7. The zero-order valence-corrected chi connectivity index (χ0v) is 11.6. The van der Waals surface area contributed by atoms with Gasteiger partial charge in [0.2, 0.25) is 0 Å². The summed E-state index contributed by atoms with van der Waals surface area (Å²) in [6, 6.07) is 11.9. The predicted molar refractivity (Wildman–Crippen MR) is 78.1 cm³/mol. The van der Waals surface area contributed by atoms with Crippen molar-refractivity contribution in [2.45, 2.75) is 13.3 Å². The average Bonchev–Trinajstić information content (AvgIpc) is 2.86. The molecule has 0 unspecified atom stereocenters. The van der Waals surface area contributed by atoms with Gasteiger partial charge in [-0.05, 0) is 29.8 Å². The lowest BCUT2D eigenvalue weighted by molar-refractivity contribution is 0.124. The third-order valence-corrected chi connectivity index (χ3v) is 3.35. The second-order valence-electron chi connectivity index (χ2n) is 4.79. The van der Waals surface area contributed by atoms with E-state index in [9.17, 15) is 9.50 Å². The molecule has 0 radical (unpaired) electrons. The van der Waals surface area contributed by atoms with Gasteiger partial charge in [0.05, 0.1) is 12.1 Å². The van der Waals surface area contributed by atoms with Gasteiger partial charge in [-0.15, -0.1) is 0 Å². The molecule has 1 N–H and O–H groups in total. The normalized spacial score (nSPS) is 11.2. The Morgan fingerprint density at radius 1 is 1.24 bits per heavy atom. The number of fused-ring (bicyclic) bond motifs is 1. The SMILES string of the molecule is COCn1nc(-c2cccc(F)c2)c2cc(CO)ccc21. The molecule has 0 saturated heterocycles. The number of aromatic nitrogens is 2. The minimum Gasteiger partial charge on any atom is -0.392 e. The molecule has 0 aliphatic rings. The number of halogens is 1. The van der Waals surface area contributed by atoms with E-state index in [2.05, 4.69) is 5.10 Å². The number of benzene rings is 2. The van der Waals surface area contributed by atoms with Crippen LogP contribution in [0.2, 0.25) is 0 Å². The van der Waals surface area contributed by atoms with Gasteiger partial charge < -0.3 is 9.84 Å². The first-order chi connectivity index (χ1) is 10.2. The van der Waals surface area contributed by atoms with Crippen LogP contribution < -0.4 is 0 Å². The molecule has 0 atom stereocenters. The van der Waals surface area contributed by atoms with E-state index in [1.807, 2.05) is 24.3 Å². The highest BCUT2D eigenvalue weighted by Crippen LogP contribution is 2.29. The van der Waals surface area contributed by atoms with Gasteiger partial charge in [0, 0.05) is 18.1 Å². The van der Waals surface area contributed by atoms with Crippen LogP contribution in [0, 0.1) is 5.82 Å². The number of aliphatic hydroxyl groups excluding tert-OH is 1. The fraction of sp³-hybridized carbons (Fsp3) is 0.188. The number of hydrogen-bond donors (Lipinski definition) is 1. The van der Waals surface area contributed by atoms with Crippen LogP contribution in [0.15, 0.2) is 42.5 Å². The molecule has 108 valence electrons. The first kappa shape index (κ1) is 13.7. The highest BCUT2D eigenvalue weighted by atomic mass is 19.1. The van der Waals surface area contributed by atoms with Crippen molar-refractivity contribution in [1.82, 2.24) is 9.78 Å². The number of rotatable bonds is 4. The largest absolute Gasteiger partial charge is 0.392 e. The molecule has 1 aromatic heterocycles. The van der Waals surface area contributed by atoms with Crippen LogP contribution in [0.5, 0.6) is 0 Å². The number of ether oxygens (including phenoxy) is 1. The molecular weight excluding hydrogens is 271 g/mol. The summed E-state index contributed by atoms with van der Waals surface area (Å²) in [6.45, 7) is 0.262. The van der Waals surface area contributed by atoms with E-state index < -0.39 is 0 Å². The van der Waals surface area contributed by atoms with Crippen LogP contribution in [0.3, 0.4) is 0 Å². The third kappa shape index (κ3) is 2.53. The van der Waals surface area contributed by atoms with Crippen LogP contribution in [0.4, 0.5) is 4.39 Å². The Kier molecular flexibility index (Phi) is 3.68. The molecule has 3 rings (SSSR count). The van der Waals surface area contributed by atoms with Crippen molar-refractivity contribution in [3.8, 4) is 11.3 Å². The molecule has 5 heteroatoms. The van der Waals surface area contributed by atoms with Gasteiger partial charge in [-0.25, -0.2) is 9.07 Å². The Morgan fingerprint density at radius 3 is 2.81 bits per heavy atom. The van der Waals surface area contributed by atoms with Crippen molar-refractivity contribution in [1.29, 1.82) is 0 Å². The quantitative estimate of drug-likeness (QED) is 0.802. The summed E-state index contributed by atoms with van der Waals surface area (Å²) in [4.78, 5) is 0. The monoisotopic (exact) mass is 286 g/mol. The molecule has 0 spiro atoms. The maximum atomic E-state index is 13.5. The van der Waals surface area contributed by atoms with Gasteiger partial charge in [-0.3, -0.25) is 0 Å². The van der Waals surface area contributed by atoms with Gasteiger partial charge in [0.25, 0.3) is 0 Å². The van der Waals surface area contributed by atoms with E-state index in [-0.39, 0.29) is 12.4 Å². The summed E-state index contributed by atoms with van der Waals surface area (Å²) in [7, 11) is 1.59. The predicted octanol–water partition coefficient (Wildman–Crippen LogP) is 2.94. The van der Waals surface area contributed by atoms with Gasteiger partial charge in [-0.1, -0.05) is 18.2 Å². The lowest BCUT2D eigenvalue weighted by Crippen LogP contribution is -2.01.